The van der Waals surface area contributed by atoms with Crippen molar-refractivity contribution >= 4 is 11.8 Å². The van der Waals surface area contributed by atoms with Gasteiger partial charge < -0.3 is 20.8 Å². The molecule has 0 saturated heterocycles. The maximum absolute atomic E-state index is 12.2. The Labute approximate surface area is 162 Å². The van der Waals surface area contributed by atoms with Crippen LogP contribution in [0.1, 0.15) is 31.8 Å². The molecule has 0 fully saturated rings. The Hall–Kier alpha value is -3.80. The molecule has 6 heteroatoms. The number of phenolic OH excluding ortho intramolecular Hbond substituents is 2. The van der Waals surface area contributed by atoms with Gasteiger partial charge in [-0.05, 0) is 35.4 Å². The van der Waals surface area contributed by atoms with Crippen molar-refractivity contribution < 1.29 is 19.8 Å². The van der Waals surface area contributed by atoms with Crippen LogP contribution in [0.4, 0.5) is 0 Å². The van der Waals surface area contributed by atoms with Gasteiger partial charge in [-0.3, -0.25) is 9.59 Å². The van der Waals surface area contributed by atoms with Gasteiger partial charge in [0.2, 0.25) is 0 Å². The molecule has 0 spiro atoms. The molecule has 142 valence electrons. The minimum atomic E-state index is -0.364. The summed E-state index contributed by atoms with van der Waals surface area (Å²) in [5.41, 5.74) is 2.15. The molecule has 6 nitrogen and oxygen atoms in total. The van der Waals surface area contributed by atoms with Crippen LogP contribution in [0.2, 0.25) is 0 Å². The molecule has 3 rings (SSSR count). The Balaban J connectivity index is 1.58. The van der Waals surface area contributed by atoms with Crippen molar-refractivity contribution in [2.45, 2.75) is 13.1 Å². The highest BCUT2D eigenvalue weighted by Crippen LogP contribution is 2.16. The van der Waals surface area contributed by atoms with E-state index in [1.807, 2.05) is 24.3 Å². The second-order valence-electron chi connectivity index (χ2n) is 6.22. The van der Waals surface area contributed by atoms with Gasteiger partial charge in [-0.15, -0.1) is 0 Å². The molecule has 28 heavy (non-hydrogen) atoms. The number of rotatable bonds is 6. The number of aromatic hydroxyl groups is 2. The van der Waals surface area contributed by atoms with Crippen LogP contribution in [0.5, 0.6) is 11.5 Å². The molecule has 3 aromatic carbocycles. The Morgan fingerprint density at radius 2 is 1.07 bits per heavy atom. The first-order chi connectivity index (χ1) is 13.5. The number of carbonyl (C=O) groups is 2. The zero-order valence-corrected chi connectivity index (χ0v) is 15.1. The molecule has 2 amide bonds. The van der Waals surface area contributed by atoms with Gasteiger partial charge in [0.1, 0.15) is 11.5 Å². The second-order valence-corrected chi connectivity index (χ2v) is 6.22. The number of nitrogens with one attached hydrogen (secondary N) is 2. The fourth-order valence-electron chi connectivity index (χ4n) is 2.74. The van der Waals surface area contributed by atoms with Crippen LogP contribution in [0.3, 0.4) is 0 Å². The molecule has 0 saturated carbocycles. The summed E-state index contributed by atoms with van der Waals surface area (Å²) in [6.45, 7) is 0.572. The fourth-order valence-corrected chi connectivity index (χ4v) is 2.74. The molecule has 0 heterocycles. The third-order valence-corrected chi connectivity index (χ3v) is 4.19. The highest BCUT2D eigenvalue weighted by atomic mass is 16.3. The van der Waals surface area contributed by atoms with Crippen LogP contribution >= 0.6 is 0 Å². The van der Waals surface area contributed by atoms with Crippen molar-refractivity contribution in [3.63, 3.8) is 0 Å². The third-order valence-electron chi connectivity index (χ3n) is 4.19. The van der Waals surface area contributed by atoms with Crippen LogP contribution in [0.25, 0.3) is 0 Å². The maximum atomic E-state index is 12.2. The summed E-state index contributed by atoms with van der Waals surface area (Å²) in [6, 6.07) is 20.1. The SMILES string of the molecule is O=C(NCc1cccc(CNC(=O)c2ccccc2O)c1)c1ccccc1O. The Morgan fingerprint density at radius 1 is 0.643 bits per heavy atom. The minimum Gasteiger partial charge on any atom is -0.507 e. The van der Waals surface area contributed by atoms with Gasteiger partial charge in [-0.25, -0.2) is 0 Å². The molecule has 0 aromatic heterocycles. The first-order valence-electron chi connectivity index (χ1n) is 8.75. The van der Waals surface area contributed by atoms with E-state index in [9.17, 15) is 19.8 Å². The number of phenols is 2. The molecule has 0 unspecified atom stereocenters. The van der Waals surface area contributed by atoms with Crippen molar-refractivity contribution in [3.8, 4) is 11.5 Å². The molecule has 0 atom stereocenters. The monoisotopic (exact) mass is 376 g/mol. The molecule has 0 aliphatic rings. The lowest BCUT2D eigenvalue weighted by Gasteiger charge is -2.10. The van der Waals surface area contributed by atoms with E-state index in [0.717, 1.165) is 11.1 Å². The van der Waals surface area contributed by atoms with Crippen molar-refractivity contribution in [1.29, 1.82) is 0 Å². The summed E-state index contributed by atoms with van der Waals surface area (Å²) in [5.74, 6) is -0.867. The first-order valence-corrected chi connectivity index (χ1v) is 8.75. The predicted molar refractivity (Wildman–Crippen MR) is 105 cm³/mol. The molecular formula is C22H20N2O4. The van der Waals surface area contributed by atoms with Crippen LogP contribution in [0.15, 0.2) is 72.8 Å². The lowest BCUT2D eigenvalue weighted by atomic mass is 10.1. The highest BCUT2D eigenvalue weighted by Gasteiger charge is 2.11. The third kappa shape index (κ3) is 4.67. The van der Waals surface area contributed by atoms with Gasteiger partial charge in [-0.1, -0.05) is 48.5 Å². The number of hydrogen-bond donors (Lipinski definition) is 4. The molecule has 0 radical (unpaired) electrons. The van der Waals surface area contributed by atoms with Gasteiger partial charge in [0.15, 0.2) is 0 Å². The second kappa shape index (κ2) is 8.73. The summed E-state index contributed by atoms with van der Waals surface area (Å²) in [4.78, 5) is 24.4. The van der Waals surface area contributed by atoms with E-state index in [0.29, 0.717) is 0 Å². The molecule has 3 aromatic rings. The summed E-state index contributed by atoms with van der Waals surface area (Å²) < 4.78 is 0. The van der Waals surface area contributed by atoms with Gasteiger partial charge in [0.25, 0.3) is 11.8 Å². The Kier molecular flexibility index (Phi) is 5.91. The van der Waals surface area contributed by atoms with Crippen LogP contribution in [-0.4, -0.2) is 22.0 Å². The number of amides is 2. The number of para-hydroxylation sites is 2. The number of hydrogen-bond acceptors (Lipinski definition) is 4. The lowest BCUT2D eigenvalue weighted by Crippen LogP contribution is -2.24. The van der Waals surface area contributed by atoms with E-state index < -0.39 is 0 Å². The van der Waals surface area contributed by atoms with E-state index in [-0.39, 0.29) is 47.5 Å². The van der Waals surface area contributed by atoms with E-state index in [2.05, 4.69) is 10.6 Å². The molecule has 0 bridgehead atoms. The normalized spacial score (nSPS) is 10.3. The van der Waals surface area contributed by atoms with Crippen molar-refractivity contribution in [2.75, 3.05) is 0 Å². The highest BCUT2D eigenvalue weighted by molar-refractivity contribution is 5.97. The first kappa shape index (κ1) is 19.0. The predicted octanol–water partition coefficient (Wildman–Crippen LogP) is 2.96. The van der Waals surface area contributed by atoms with Crippen LogP contribution < -0.4 is 10.6 Å². The number of carbonyl (C=O) groups excluding carboxylic acids is 2. The molecule has 0 aliphatic heterocycles. The average Bonchev–Trinajstić information content (AvgIpc) is 2.71. The Bertz CT molecular complexity index is 924. The van der Waals surface area contributed by atoms with Crippen molar-refractivity contribution in [2.24, 2.45) is 0 Å². The van der Waals surface area contributed by atoms with Gasteiger partial charge in [0, 0.05) is 13.1 Å². The number of benzene rings is 3. The Morgan fingerprint density at radius 3 is 1.50 bits per heavy atom. The fraction of sp³-hybridized carbons (Fsp3) is 0.0909. The summed E-state index contributed by atoms with van der Waals surface area (Å²) >= 11 is 0. The standard InChI is InChI=1S/C22H20N2O4/c25-19-10-3-1-8-17(19)21(27)23-13-15-6-5-7-16(12-15)14-24-22(28)18-9-2-4-11-20(18)26/h1-12,25-26H,13-14H2,(H,23,27)(H,24,28). The summed E-state index contributed by atoms with van der Waals surface area (Å²) in [7, 11) is 0. The van der Waals surface area contributed by atoms with E-state index >= 15 is 0 Å². The molecule has 4 N–H and O–H groups in total. The lowest BCUT2D eigenvalue weighted by molar-refractivity contribution is 0.0940. The van der Waals surface area contributed by atoms with Gasteiger partial charge in [0.05, 0.1) is 11.1 Å². The summed E-state index contributed by atoms with van der Waals surface area (Å²) in [6.07, 6.45) is 0. The van der Waals surface area contributed by atoms with E-state index in [4.69, 9.17) is 0 Å². The summed E-state index contributed by atoms with van der Waals surface area (Å²) in [5, 5.41) is 25.0. The maximum Gasteiger partial charge on any atom is 0.255 e. The molecule has 0 aliphatic carbocycles. The largest absolute Gasteiger partial charge is 0.507 e. The van der Waals surface area contributed by atoms with Crippen LogP contribution in [-0.2, 0) is 13.1 Å². The van der Waals surface area contributed by atoms with E-state index in [1.54, 1.807) is 36.4 Å². The zero-order chi connectivity index (χ0) is 19.9. The van der Waals surface area contributed by atoms with Crippen molar-refractivity contribution in [1.82, 2.24) is 10.6 Å². The smallest absolute Gasteiger partial charge is 0.255 e. The average molecular weight is 376 g/mol. The van der Waals surface area contributed by atoms with E-state index in [1.165, 1.54) is 12.1 Å². The quantitative estimate of drug-likeness (QED) is 0.532. The molecular weight excluding hydrogens is 356 g/mol. The zero-order valence-electron chi connectivity index (χ0n) is 15.1. The topological polar surface area (TPSA) is 98.7 Å². The van der Waals surface area contributed by atoms with Crippen LogP contribution in [0, 0.1) is 0 Å². The van der Waals surface area contributed by atoms with Crippen molar-refractivity contribution in [3.05, 3.63) is 95.1 Å². The minimum absolute atomic E-state index is 0.0689. The van der Waals surface area contributed by atoms with Gasteiger partial charge >= 0.3 is 0 Å². The van der Waals surface area contributed by atoms with Gasteiger partial charge in [-0.2, -0.15) is 0 Å².